The van der Waals surface area contributed by atoms with Crippen LogP contribution in [0.5, 0.6) is 23.0 Å². The molecule has 0 saturated carbocycles. The second kappa shape index (κ2) is 12.3. The van der Waals surface area contributed by atoms with Gasteiger partial charge in [-0.25, -0.2) is 0 Å². The van der Waals surface area contributed by atoms with Crippen LogP contribution in [0.15, 0.2) is 36.4 Å². The summed E-state index contributed by atoms with van der Waals surface area (Å²) in [5.41, 5.74) is 4.87. The zero-order valence-electron chi connectivity index (χ0n) is 18.1. The third-order valence-corrected chi connectivity index (χ3v) is 4.19. The minimum Gasteiger partial charge on any atom is -0.493 e. The van der Waals surface area contributed by atoms with E-state index in [1.165, 1.54) is 37.4 Å². The van der Waals surface area contributed by atoms with Crippen molar-refractivity contribution in [3.8, 4) is 23.0 Å². The van der Waals surface area contributed by atoms with E-state index in [1.807, 2.05) is 6.92 Å². The van der Waals surface area contributed by atoms with Gasteiger partial charge >= 0.3 is 6.61 Å². The minimum atomic E-state index is -3.03. The zero-order valence-corrected chi connectivity index (χ0v) is 18.1. The number of methoxy groups -OCH3 is 1. The summed E-state index contributed by atoms with van der Waals surface area (Å²) in [5, 5.41) is 0. The number of ether oxygens (including phenoxy) is 4. The van der Waals surface area contributed by atoms with Crippen LogP contribution in [0, 0.1) is 0 Å². The van der Waals surface area contributed by atoms with E-state index in [0.717, 1.165) is 12.8 Å². The molecule has 8 nitrogen and oxygen atoms in total. The molecule has 0 fully saturated rings. The first-order valence-electron chi connectivity index (χ1n) is 10.0. The number of hydrogen-bond acceptors (Lipinski definition) is 6. The van der Waals surface area contributed by atoms with Gasteiger partial charge in [0, 0.05) is 11.1 Å². The van der Waals surface area contributed by atoms with Gasteiger partial charge in [-0.2, -0.15) is 8.78 Å². The molecule has 2 rings (SSSR count). The van der Waals surface area contributed by atoms with Crippen LogP contribution < -0.4 is 29.8 Å². The van der Waals surface area contributed by atoms with Gasteiger partial charge in [0.05, 0.1) is 20.3 Å². The number of nitrogens with one attached hydrogen (secondary N) is 2. The molecule has 10 heteroatoms. The Kier molecular flexibility index (Phi) is 9.52. The average molecular weight is 452 g/mol. The van der Waals surface area contributed by atoms with Crippen molar-refractivity contribution in [3.05, 3.63) is 47.5 Å². The molecule has 0 atom stereocenters. The molecule has 32 heavy (non-hydrogen) atoms. The van der Waals surface area contributed by atoms with Crippen molar-refractivity contribution < 1.29 is 37.3 Å². The second-order valence-electron chi connectivity index (χ2n) is 6.45. The maximum absolute atomic E-state index is 12.5. The van der Waals surface area contributed by atoms with E-state index in [9.17, 15) is 18.4 Å². The van der Waals surface area contributed by atoms with Crippen LogP contribution in [-0.2, 0) is 0 Å². The summed E-state index contributed by atoms with van der Waals surface area (Å²) in [7, 11) is 1.46. The molecule has 2 aromatic carbocycles. The van der Waals surface area contributed by atoms with Gasteiger partial charge in [0.25, 0.3) is 11.8 Å². The number of rotatable bonds is 11. The highest BCUT2D eigenvalue weighted by Gasteiger charge is 2.16. The maximum atomic E-state index is 12.5. The number of hydrogen-bond donors (Lipinski definition) is 2. The highest BCUT2D eigenvalue weighted by atomic mass is 19.3. The number of halogens is 2. The molecule has 0 spiro atoms. The van der Waals surface area contributed by atoms with E-state index in [0.29, 0.717) is 18.1 Å². The lowest BCUT2D eigenvalue weighted by Gasteiger charge is -2.14. The van der Waals surface area contributed by atoms with Crippen LogP contribution in [0.3, 0.4) is 0 Å². The Morgan fingerprint density at radius 1 is 0.875 bits per heavy atom. The molecule has 0 heterocycles. The van der Waals surface area contributed by atoms with Crippen LogP contribution in [0.2, 0.25) is 0 Å². The first-order valence-corrected chi connectivity index (χ1v) is 10.0. The number of unbranched alkanes of at least 4 members (excludes halogenated alkanes) is 1. The van der Waals surface area contributed by atoms with Crippen molar-refractivity contribution in [2.75, 3.05) is 20.3 Å². The van der Waals surface area contributed by atoms with Gasteiger partial charge in [0.15, 0.2) is 23.0 Å². The fraction of sp³-hybridized carbons (Fsp3) is 0.364. The third-order valence-electron chi connectivity index (χ3n) is 4.19. The maximum Gasteiger partial charge on any atom is 0.387 e. The van der Waals surface area contributed by atoms with E-state index >= 15 is 0 Å². The molecule has 0 aromatic heterocycles. The molecule has 0 bridgehead atoms. The van der Waals surface area contributed by atoms with Crippen LogP contribution in [-0.4, -0.2) is 38.7 Å². The highest BCUT2D eigenvalue weighted by Crippen LogP contribution is 2.30. The molecule has 0 aliphatic heterocycles. The fourth-order valence-electron chi connectivity index (χ4n) is 2.62. The zero-order chi connectivity index (χ0) is 23.5. The Morgan fingerprint density at radius 2 is 1.47 bits per heavy atom. The smallest absolute Gasteiger partial charge is 0.387 e. The predicted octanol–water partition coefficient (Wildman–Crippen LogP) is 3.95. The molecular formula is C22H26F2N2O6. The molecule has 0 aliphatic carbocycles. The van der Waals surface area contributed by atoms with Crippen molar-refractivity contribution in [2.24, 2.45) is 0 Å². The fourth-order valence-corrected chi connectivity index (χ4v) is 2.62. The van der Waals surface area contributed by atoms with Crippen molar-refractivity contribution >= 4 is 11.8 Å². The normalized spacial score (nSPS) is 10.4. The van der Waals surface area contributed by atoms with E-state index in [4.69, 9.17) is 14.2 Å². The van der Waals surface area contributed by atoms with Gasteiger partial charge < -0.3 is 18.9 Å². The Hall–Kier alpha value is -3.56. The molecule has 174 valence electrons. The third kappa shape index (κ3) is 7.00. The summed E-state index contributed by atoms with van der Waals surface area (Å²) in [4.78, 5) is 24.8. The Balaban J connectivity index is 2.04. The molecule has 2 N–H and O–H groups in total. The first kappa shape index (κ1) is 24.7. The predicted molar refractivity (Wildman–Crippen MR) is 113 cm³/mol. The summed E-state index contributed by atoms with van der Waals surface area (Å²) in [6.07, 6.45) is 1.87. The van der Waals surface area contributed by atoms with Crippen LogP contribution in [0.25, 0.3) is 0 Å². The van der Waals surface area contributed by atoms with Gasteiger partial charge in [0.1, 0.15) is 0 Å². The molecule has 2 aromatic rings. The lowest BCUT2D eigenvalue weighted by Crippen LogP contribution is -2.41. The summed E-state index contributed by atoms with van der Waals surface area (Å²) < 4.78 is 45.5. The first-order chi connectivity index (χ1) is 15.4. The standard InChI is InChI=1S/C22H26F2N2O6/c1-4-6-11-31-16-9-7-14(12-18(16)29-3)20(27)25-26-21(28)15-8-10-17(32-22(23)24)19(13-15)30-5-2/h7-10,12-13,22H,4-6,11H2,1-3H3,(H,25,27)(H,26,28). The monoisotopic (exact) mass is 452 g/mol. The molecular weight excluding hydrogens is 426 g/mol. The number of amides is 2. The quantitative estimate of drug-likeness (QED) is 0.396. The number of carbonyl (C=O) groups excluding carboxylic acids is 2. The van der Waals surface area contributed by atoms with Gasteiger partial charge in [0.2, 0.25) is 0 Å². The number of alkyl halides is 2. The van der Waals surface area contributed by atoms with Gasteiger partial charge in [-0.1, -0.05) is 13.3 Å². The van der Waals surface area contributed by atoms with Crippen LogP contribution >= 0.6 is 0 Å². The van der Waals surface area contributed by atoms with Gasteiger partial charge in [-0.05, 0) is 49.7 Å². The van der Waals surface area contributed by atoms with Crippen molar-refractivity contribution in [1.82, 2.24) is 10.9 Å². The summed E-state index contributed by atoms with van der Waals surface area (Å²) in [6.45, 7) is 1.38. The molecule has 0 radical (unpaired) electrons. The summed E-state index contributed by atoms with van der Waals surface area (Å²) in [5.74, 6) is -0.577. The van der Waals surface area contributed by atoms with Crippen LogP contribution in [0.4, 0.5) is 8.78 Å². The largest absolute Gasteiger partial charge is 0.493 e. The Morgan fingerprint density at radius 3 is 2.00 bits per heavy atom. The number of hydrazine groups is 1. The topological polar surface area (TPSA) is 95.1 Å². The molecule has 0 aliphatic rings. The second-order valence-corrected chi connectivity index (χ2v) is 6.45. The Labute approximate surface area is 184 Å². The van der Waals surface area contributed by atoms with E-state index in [2.05, 4.69) is 15.6 Å². The SMILES string of the molecule is CCCCOc1ccc(C(=O)NNC(=O)c2ccc(OC(F)F)c(OCC)c2)cc1OC. The van der Waals surface area contributed by atoms with E-state index in [1.54, 1.807) is 13.0 Å². The summed E-state index contributed by atoms with van der Waals surface area (Å²) >= 11 is 0. The molecule has 0 saturated heterocycles. The van der Waals surface area contributed by atoms with Crippen molar-refractivity contribution in [2.45, 2.75) is 33.3 Å². The lowest BCUT2D eigenvalue weighted by atomic mass is 10.2. The number of carbonyl (C=O) groups is 2. The highest BCUT2D eigenvalue weighted by molar-refractivity contribution is 5.99. The van der Waals surface area contributed by atoms with Crippen molar-refractivity contribution in [1.29, 1.82) is 0 Å². The molecule has 2 amide bonds. The average Bonchev–Trinajstić information content (AvgIpc) is 2.78. The lowest BCUT2D eigenvalue weighted by molar-refractivity contribution is -0.0514. The minimum absolute atomic E-state index is 0.0184. The van der Waals surface area contributed by atoms with Crippen LogP contribution in [0.1, 0.15) is 47.4 Å². The summed E-state index contributed by atoms with van der Waals surface area (Å²) in [6, 6.07) is 8.35. The van der Waals surface area contributed by atoms with Gasteiger partial charge in [-0.3, -0.25) is 20.4 Å². The number of benzene rings is 2. The Bertz CT molecular complexity index is 923. The molecule has 0 unspecified atom stereocenters. The van der Waals surface area contributed by atoms with Crippen molar-refractivity contribution in [3.63, 3.8) is 0 Å². The van der Waals surface area contributed by atoms with E-state index < -0.39 is 18.4 Å². The van der Waals surface area contributed by atoms with Gasteiger partial charge in [-0.15, -0.1) is 0 Å². The van der Waals surface area contributed by atoms with E-state index in [-0.39, 0.29) is 29.2 Å².